The minimum absolute atomic E-state index is 0.0646. The molecular weight excluding hydrogens is 176 g/mol. The third kappa shape index (κ3) is 1.63. The summed E-state index contributed by atoms with van der Waals surface area (Å²) in [5.74, 6) is 0.665. The fourth-order valence-corrected chi connectivity index (χ4v) is 1.65. The zero-order valence-corrected chi connectivity index (χ0v) is 8.23. The summed E-state index contributed by atoms with van der Waals surface area (Å²) in [7, 11) is 0. The lowest BCUT2D eigenvalue weighted by atomic mass is 10.0. The van der Waals surface area contributed by atoms with E-state index in [1.165, 1.54) is 11.1 Å². The molecule has 1 aliphatic heterocycles. The van der Waals surface area contributed by atoms with Crippen LogP contribution in [0.3, 0.4) is 0 Å². The van der Waals surface area contributed by atoms with Crippen molar-refractivity contribution >= 4 is 5.90 Å². The van der Waals surface area contributed by atoms with E-state index in [1.54, 1.807) is 0 Å². The van der Waals surface area contributed by atoms with Gasteiger partial charge in [-0.15, -0.1) is 0 Å². The van der Waals surface area contributed by atoms with Gasteiger partial charge in [0.1, 0.15) is 6.10 Å². The number of hydrogen-bond acceptors (Lipinski definition) is 3. The molecule has 1 aromatic carbocycles. The molecule has 0 saturated heterocycles. The molecule has 0 radical (unpaired) electrons. The molecule has 3 nitrogen and oxygen atoms in total. The first-order valence-corrected chi connectivity index (χ1v) is 4.77. The summed E-state index contributed by atoms with van der Waals surface area (Å²) in [6.45, 7) is 3.17. The van der Waals surface area contributed by atoms with Crippen molar-refractivity contribution in [3.8, 4) is 0 Å². The minimum atomic E-state index is 0.0646. The average molecular weight is 190 g/mol. The lowest BCUT2D eigenvalue weighted by molar-refractivity contribution is 0.225. The maximum absolute atomic E-state index is 5.60. The summed E-state index contributed by atoms with van der Waals surface area (Å²) in [5, 5.41) is 0. The van der Waals surface area contributed by atoms with Crippen LogP contribution in [-0.2, 0) is 4.74 Å². The normalized spacial score (nSPS) is 20.4. The number of benzene rings is 1. The molecule has 1 heterocycles. The van der Waals surface area contributed by atoms with Crippen molar-refractivity contribution in [2.24, 2.45) is 10.7 Å². The molecule has 74 valence electrons. The van der Waals surface area contributed by atoms with Gasteiger partial charge in [0.05, 0.1) is 13.1 Å². The zero-order chi connectivity index (χ0) is 9.97. The van der Waals surface area contributed by atoms with Crippen molar-refractivity contribution in [1.29, 1.82) is 0 Å². The van der Waals surface area contributed by atoms with Crippen LogP contribution < -0.4 is 5.73 Å². The monoisotopic (exact) mass is 190 g/mol. The van der Waals surface area contributed by atoms with Crippen molar-refractivity contribution in [2.45, 2.75) is 13.0 Å². The number of nitrogens with two attached hydrogens (primary N) is 1. The van der Waals surface area contributed by atoms with Gasteiger partial charge in [0.25, 0.3) is 0 Å². The number of ether oxygens (including phenoxy) is 1. The molecule has 3 heteroatoms. The van der Waals surface area contributed by atoms with E-state index >= 15 is 0 Å². The highest BCUT2D eigenvalue weighted by atomic mass is 16.5. The highest BCUT2D eigenvalue weighted by Crippen LogP contribution is 2.25. The van der Waals surface area contributed by atoms with Gasteiger partial charge in [0.2, 0.25) is 0 Å². The number of hydrogen-bond donors (Lipinski definition) is 1. The lowest BCUT2D eigenvalue weighted by Gasteiger charge is -2.13. The molecule has 0 aliphatic carbocycles. The van der Waals surface area contributed by atoms with Gasteiger partial charge >= 0.3 is 0 Å². The summed E-state index contributed by atoms with van der Waals surface area (Å²) < 4.78 is 5.60. The number of rotatable bonds is 2. The Bertz CT molecular complexity index is 360. The minimum Gasteiger partial charge on any atom is -0.470 e. The second kappa shape index (κ2) is 3.80. The molecule has 0 amide bonds. The van der Waals surface area contributed by atoms with E-state index < -0.39 is 0 Å². The zero-order valence-electron chi connectivity index (χ0n) is 8.23. The Morgan fingerprint density at radius 1 is 1.50 bits per heavy atom. The van der Waals surface area contributed by atoms with Gasteiger partial charge in [-0.25, -0.2) is 0 Å². The number of aliphatic imine (C=N–C) groups is 1. The van der Waals surface area contributed by atoms with Crippen LogP contribution >= 0.6 is 0 Å². The maximum Gasteiger partial charge on any atom is 0.198 e. The largest absolute Gasteiger partial charge is 0.470 e. The van der Waals surface area contributed by atoms with Crippen LogP contribution in [0.2, 0.25) is 0 Å². The molecule has 0 bridgehead atoms. The molecule has 0 aromatic heterocycles. The van der Waals surface area contributed by atoms with E-state index in [9.17, 15) is 0 Å². The van der Waals surface area contributed by atoms with Gasteiger partial charge in [-0.05, 0) is 18.1 Å². The SMILES string of the molecule is Cc1ccccc1C1CN=C(CN)O1. The van der Waals surface area contributed by atoms with Crippen LogP contribution in [0.4, 0.5) is 0 Å². The maximum atomic E-state index is 5.60. The van der Waals surface area contributed by atoms with Crippen LogP contribution in [0.5, 0.6) is 0 Å². The van der Waals surface area contributed by atoms with Crippen LogP contribution in [-0.4, -0.2) is 19.0 Å². The van der Waals surface area contributed by atoms with Crippen LogP contribution in [0.1, 0.15) is 17.2 Å². The second-order valence-electron chi connectivity index (χ2n) is 3.40. The highest BCUT2D eigenvalue weighted by Gasteiger charge is 2.21. The quantitative estimate of drug-likeness (QED) is 0.766. The third-order valence-corrected chi connectivity index (χ3v) is 2.42. The molecule has 0 spiro atoms. The number of nitrogens with zero attached hydrogens (tertiary/aromatic N) is 1. The molecule has 1 atom stereocenters. The third-order valence-electron chi connectivity index (χ3n) is 2.42. The standard InChI is InChI=1S/C11H14N2O/c1-8-4-2-3-5-9(8)10-7-13-11(6-12)14-10/h2-5,10H,6-7,12H2,1H3. The van der Waals surface area contributed by atoms with E-state index in [-0.39, 0.29) is 6.10 Å². The highest BCUT2D eigenvalue weighted by molar-refractivity contribution is 5.79. The first kappa shape index (κ1) is 9.21. The van der Waals surface area contributed by atoms with Gasteiger partial charge in [0, 0.05) is 0 Å². The van der Waals surface area contributed by atoms with Crippen LogP contribution in [0.15, 0.2) is 29.3 Å². The summed E-state index contributed by atoms with van der Waals surface area (Å²) in [6, 6.07) is 8.21. The molecule has 2 rings (SSSR count). The smallest absolute Gasteiger partial charge is 0.198 e. The van der Waals surface area contributed by atoms with Gasteiger partial charge < -0.3 is 10.5 Å². The number of aryl methyl sites for hydroxylation is 1. The van der Waals surface area contributed by atoms with E-state index in [2.05, 4.69) is 24.0 Å². The molecule has 1 aromatic rings. The van der Waals surface area contributed by atoms with Gasteiger partial charge in [0.15, 0.2) is 5.90 Å². The fraction of sp³-hybridized carbons (Fsp3) is 0.364. The Hall–Kier alpha value is -1.35. The Kier molecular flexibility index (Phi) is 2.50. The second-order valence-corrected chi connectivity index (χ2v) is 3.40. The summed E-state index contributed by atoms with van der Waals surface area (Å²) >= 11 is 0. The van der Waals surface area contributed by atoms with E-state index in [0.29, 0.717) is 19.0 Å². The van der Waals surface area contributed by atoms with E-state index in [0.717, 1.165) is 0 Å². The van der Waals surface area contributed by atoms with Crippen LogP contribution in [0.25, 0.3) is 0 Å². The Morgan fingerprint density at radius 2 is 2.29 bits per heavy atom. The molecule has 1 aliphatic rings. The lowest BCUT2D eigenvalue weighted by Crippen LogP contribution is -2.15. The average Bonchev–Trinajstić information content (AvgIpc) is 2.67. The van der Waals surface area contributed by atoms with Gasteiger partial charge in [-0.3, -0.25) is 4.99 Å². The predicted molar refractivity (Wildman–Crippen MR) is 56.4 cm³/mol. The molecular formula is C11H14N2O. The van der Waals surface area contributed by atoms with Crippen molar-refractivity contribution in [3.05, 3.63) is 35.4 Å². The van der Waals surface area contributed by atoms with Crippen LogP contribution in [0, 0.1) is 6.92 Å². The molecule has 14 heavy (non-hydrogen) atoms. The molecule has 2 N–H and O–H groups in total. The predicted octanol–water partition coefficient (Wildman–Crippen LogP) is 1.42. The summed E-state index contributed by atoms with van der Waals surface area (Å²) in [4.78, 5) is 4.22. The Labute approximate surface area is 83.6 Å². The van der Waals surface area contributed by atoms with Gasteiger partial charge in [-0.1, -0.05) is 24.3 Å². The van der Waals surface area contributed by atoms with E-state index in [1.807, 2.05) is 12.1 Å². The van der Waals surface area contributed by atoms with Crippen molar-refractivity contribution in [2.75, 3.05) is 13.1 Å². The molecule has 1 unspecified atom stereocenters. The fourth-order valence-electron chi connectivity index (χ4n) is 1.65. The van der Waals surface area contributed by atoms with Crippen molar-refractivity contribution < 1.29 is 4.74 Å². The molecule has 0 saturated carbocycles. The van der Waals surface area contributed by atoms with Gasteiger partial charge in [-0.2, -0.15) is 0 Å². The molecule has 0 fully saturated rings. The Morgan fingerprint density at radius 3 is 2.93 bits per heavy atom. The summed E-state index contributed by atoms with van der Waals surface area (Å²) in [5.41, 5.74) is 7.91. The first-order chi connectivity index (χ1) is 6.81. The summed E-state index contributed by atoms with van der Waals surface area (Å²) in [6.07, 6.45) is 0.0646. The van der Waals surface area contributed by atoms with E-state index in [4.69, 9.17) is 10.5 Å². The Balaban J connectivity index is 2.16. The van der Waals surface area contributed by atoms with Crippen molar-refractivity contribution in [3.63, 3.8) is 0 Å². The topological polar surface area (TPSA) is 47.6 Å². The van der Waals surface area contributed by atoms with Crippen molar-refractivity contribution in [1.82, 2.24) is 0 Å². The first-order valence-electron chi connectivity index (χ1n) is 4.77.